The third-order valence-corrected chi connectivity index (χ3v) is 4.81. The fraction of sp³-hybridized carbons (Fsp3) is 0.579. The largest absolute Gasteiger partial charge is 0.361 e. The highest BCUT2D eigenvalue weighted by atomic mass is 14.9. The zero-order valence-corrected chi connectivity index (χ0v) is 13.8. The summed E-state index contributed by atoms with van der Waals surface area (Å²) < 4.78 is 0. The van der Waals surface area contributed by atoms with Gasteiger partial charge < -0.3 is 10.3 Å². The van der Waals surface area contributed by atoms with Crippen LogP contribution >= 0.6 is 0 Å². The third kappa shape index (κ3) is 3.32. The summed E-state index contributed by atoms with van der Waals surface area (Å²) >= 11 is 0. The maximum atomic E-state index is 3.81. The van der Waals surface area contributed by atoms with Gasteiger partial charge >= 0.3 is 0 Å². The minimum atomic E-state index is 0.444. The van der Waals surface area contributed by atoms with Crippen molar-refractivity contribution in [2.24, 2.45) is 10.8 Å². The normalized spacial score (nSPS) is 21.7. The van der Waals surface area contributed by atoms with Gasteiger partial charge in [-0.05, 0) is 41.7 Å². The molecule has 1 fully saturated rings. The Morgan fingerprint density at radius 1 is 1.10 bits per heavy atom. The van der Waals surface area contributed by atoms with Crippen LogP contribution in [0, 0.1) is 10.8 Å². The second-order valence-corrected chi connectivity index (χ2v) is 8.35. The number of hydrogen-bond donors (Lipinski definition) is 2. The number of hydrogen-bond acceptors (Lipinski definition) is 1. The molecule has 2 nitrogen and oxygen atoms in total. The van der Waals surface area contributed by atoms with Crippen molar-refractivity contribution in [3.8, 4) is 0 Å². The summed E-state index contributed by atoms with van der Waals surface area (Å²) in [5.74, 6) is 0. The maximum Gasteiger partial charge on any atom is 0.0457 e. The molecule has 3 rings (SSSR count). The molecule has 21 heavy (non-hydrogen) atoms. The Hall–Kier alpha value is -1.28. The first-order chi connectivity index (χ1) is 9.85. The highest BCUT2D eigenvalue weighted by molar-refractivity contribution is 5.82. The summed E-state index contributed by atoms with van der Waals surface area (Å²) in [5.41, 5.74) is 3.50. The van der Waals surface area contributed by atoms with E-state index in [0.717, 1.165) is 6.54 Å². The van der Waals surface area contributed by atoms with Gasteiger partial charge in [0.1, 0.15) is 0 Å². The van der Waals surface area contributed by atoms with E-state index in [2.05, 4.69) is 68.5 Å². The van der Waals surface area contributed by atoms with Gasteiger partial charge in [-0.25, -0.2) is 0 Å². The summed E-state index contributed by atoms with van der Waals surface area (Å²) in [4.78, 5) is 3.37. The average molecular weight is 284 g/mol. The van der Waals surface area contributed by atoms with Crippen molar-refractivity contribution >= 4 is 10.9 Å². The Kier molecular flexibility index (Phi) is 3.61. The smallest absolute Gasteiger partial charge is 0.0457 e. The molecule has 1 aromatic carbocycles. The lowest BCUT2D eigenvalue weighted by atomic mass is 9.63. The monoisotopic (exact) mass is 284 g/mol. The summed E-state index contributed by atoms with van der Waals surface area (Å²) in [6.07, 6.45) is 6.03. The van der Waals surface area contributed by atoms with Crippen LogP contribution in [-0.4, -0.2) is 11.0 Å². The Bertz CT molecular complexity index is 605. The van der Waals surface area contributed by atoms with Crippen LogP contribution in [-0.2, 0) is 6.54 Å². The van der Waals surface area contributed by atoms with Gasteiger partial charge in [0, 0.05) is 29.7 Å². The van der Waals surface area contributed by atoms with Crippen LogP contribution < -0.4 is 5.32 Å². The fourth-order valence-electron chi connectivity index (χ4n) is 4.52. The van der Waals surface area contributed by atoms with Crippen LogP contribution in [0.4, 0.5) is 0 Å². The Balaban J connectivity index is 1.70. The average Bonchev–Trinajstić information content (AvgIpc) is 2.76. The van der Waals surface area contributed by atoms with E-state index >= 15 is 0 Å². The van der Waals surface area contributed by atoms with Crippen molar-refractivity contribution in [2.75, 3.05) is 0 Å². The van der Waals surface area contributed by atoms with Gasteiger partial charge in [-0.2, -0.15) is 0 Å². The zero-order chi connectivity index (χ0) is 15.1. The van der Waals surface area contributed by atoms with Crippen LogP contribution in [0.1, 0.15) is 52.5 Å². The Morgan fingerprint density at radius 2 is 1.76 bits per heavy atom. The molecule has 1 aliphatic carbocycles. The molecule has 114 valence electrons. The minimum absolute atomic E-state index is 0.444. The first-order valence-corrected chi connectivity index (χ1v) is 8.13. The van der Waals surface area contributed by atoms with E-state index in [1.165, 1.54) is 35.7 Å². The molecule has 0 atom stereocenters. The van der Waals surface area contributed by atoms with Crippen LogP contribution in [0.25, 0.3) is 10.9 Å². The topological polar surface area (TPSA) is 27.8 Å². The molecule has 0 unspecified atom stereocenters. The molecule has 1 aliphatic rings. The fourth-order valence-corrected chi connectivity index (χ4v) is 4.52. The number of aromatic nitrogens is 1. The number of benzene rings is 1. The second kappa shape index (κ2) is 5.17. The Labute approximate surface area is 128 Å². The van der Waals surface area contributed by atoms with E-state index in [1.54, 1.807) is 0 Å². The van der Waals surface area contributed by atoms with Gasteiger partial charge in [0.05, 0.1) is 0 Å². The first-order valence-electron chi connectivity index (χ1n) is 8.13. The van der Waals surface area contributed by atoms with Crippen LogP contribution in [0.2, 0.25) is 0 Å². The van der Waals surface area contributed by atoms with E-state index in [0.29, 0.717) is 16.9 Å². The van der Waals surface area contributed by atoms with Crippen molar-refractivity contribution in [3.63, 3.8) is 0 Å². The third-order valence-electron chi connectivity index (χ3n) is 4.81. The van der Waals surface area contributed by atoms with Crippen molar-refractivity contribution in [3.05, 3.63) is 36.0 Å². The summed E-state index contributed by atoms with van der Waals surface area (Å²) in [5, 5.41) is 5.15. The Morgan fingerprint density at radius 3 is 2.48 bits per heavy atom. The zero-order valence-electron chi connectivity index (χ0n) is 13.8. The molecule has 0 radical (unpaired) electrons. The van der Waals surface area contributed by atoms with E-state index in [1.807, 2.05) is 0 Å². The minimum Gasteiger partial charge on any atom is -0.361 e. The molecule has 0 spiro atoms. The highest BCUT2D eigenvalue weighted by Gasteiger charge is 2.38. The van der Waals surface area contributed by atoms with E-state index < -0.39 is 0 Å². The molecular weight excluding hydrogens is 256 g/mol. The lowest BCUT2D eigenvalue weighted by Gasteiger charge is -2.45. The van der Waals surface area contributed by atoms with Crippen molar-refractivity contribution < 1.29 is 0 Å². The first kappa shape index (κ1) is 14.6. The molecule has 1 heterocycles. The van der Waals surface area contributed by atoms with Crippen molar-refractivity contribution in [1.29, 1.82) is 0 Å². The molecule has 2 heteroatoms. The molecule has 0 saturated heterocycles. The van der Waals surface area contributed by atoms with Gasteiger partial charge in [-0.15, -0.1) is 0 Å². The molecule has 0 aliphatic heterocycles. The summed E-state index contributed by atoms with van der Waals surface area (Å²) in [6.45, 7) is 10.6. The molecule has 1 saturated carbocycles. The molecule has 2 aromatic rings. The predicted molar refractivity (Wildman–Crippen MR) is 90.3 cm³/mol. The van der Waals surface area contributed by atoms with E-state index in [9.17, 15) is 0 Å². The number of rotatable bonds is 3. The molecule has 0 amide bonds. The van der Waals surface area contributed by atoms with Crippen LogP contribution in [0.3, 0.4) is 0 Å². The van der Waals surface area contributed by atoms with Crippen molar-refractivity contribution in [2.45, 2.75) is 59.5 Å². The second-order valence-electron chi connectivity index (χ2n) is 8.35. The van der Waals surface area contributed by atoms with E-state index in [-0.39, 0.29) is 0 Å². The molecule has 2 N–H and O–H groups in total. The summed E-state index contributed by atoms with van der Waals surface area (Å²) in [6, 6.07) is 9.18. The lowest BCUT2D eigenvalue weighted by molar-refractivity contribution is 0.0845. The van der Waals surface area contributed by atoms with Gasteiger partial charge in [0.25, 0.3) is 0 Å². The number of H-pyrrole nitrogens is 1. The van der Waals surface area contributed by atoms with Crippen molar-refractivity contribution in [1.82, 2.24) is 10.3 Å². The maximum absolute atomic E-state index is 3.81. The SMILES string of the molecule is CC1(C)CC(NCc2c[nH]c3ccccc23)CC(C)(C)C1. The van der Waals surface area contributed by atoms with Gasteiger partial charge in [0.15, 0.2) is 0 Å². The molecule has 0 bridgehead atoms. The molecular formula is C19H28N2. The summed E-state index contributed by atoms with van der Waals surface area (Å²) in [7, 11) is 0. The standard InChI is InChI=1S/C19H28N2/c1-18(2)9-15(10-19(3,4)13-18)20-11-14-12-21-17-8-6-5-7-16(14)17/h5-8,12,15,20-21H,9-11,13H2,1-4H3. The van der Waals surface area contributed by atoms with Gasteiger partial charge in [0.2, 0.25) is 0 Å². The number of fused-ring (bicyclic) bond motifs is 1. The highest BCUT2D eigenvalue weighted by Crippen LogP contribution is 2.45. The van der Waals surface area contributed by atoms with Gasteiger partial charge in [-0.1, -0.05) is 45.9 Å². The number of nitrogens with one attached hydrogen (secondary N) is 2. The van der Waals surface area contributed by atoms with Crippen LogP contribution in [0.5, 0.6) is 0 Å². The van der Waals surface area contributed by atoms with Crippen LogP contribution in [0.15, 0.2) is 30.5 Å². The number of aromatic amines is 1. The molecule has 1 aromatic heterocycles. The lowest BCUT2D eigenvalue weighted by Crippen LogP contribution is -2.43. The number of para-hydroxylation sites is 1. The quantitative estimate of drug-likeness (QED) is 0.827. The van der Waals surface area contributed by atoms with Gasteiger partial charge in [-0.3, -0.25) is 0 Å². The predicted octanol–water partition coefficient (Wildman–Crippen LogP) is 4.86. The van der Waals surface area contributed by atoms with E-state index in [4.69, 9.17) is 0 Å².